The standard InChI is InChI=1S/C26H36N4O5/c1-16(31)27-20-15-29(25(34)26(2,3)4)13-11-17-9-10-21(30(17)24(20)33)23(32)28-19-12-14-35-22-8-6-5-7-18(19)22/h5-8,17,19-21H,9-15H2,1-4H3,(H,27,31)(H,28,32)/t17-,19-,20+,21+/m1/s1. The third-order valence-corrected chi connectivity index (χ3v) is 7.07. The van der Waals surface area contributed by atoms with Gasteiger partial charge in [-0.05, 0) is 25.3 Å². The molecule has 35 heavy (non-hydrogen) atoms. The Hall–Kier alpha value is -3.10. The van der Waals surface area contributed by atoms with E-state index >= 15 is 0 Å². The number of carbonyl (C=O) groups excluding carboxylic acids is 4. The summed E-state index contributed by atoms with van der Waals surface area (Å²) in [5.41, 5.74) is 0.342. The van der Waals surface area contributed by atoms with Gasteiger partial charge in [0.1, 0.15) is 17.8 Å². The van der Waals surface area contributed by atoms with Crippen LogP contribution < -0.4 is 15.4 Å². The molecular weight excluding hydrogens is 448 g/mol. The molecule has 1 aromatic rings. The minimum absolute atomic E-state index is 0.0559. The van der Waals surface area contributed by atoms with Crippen molar-refractivity contribution in [3.05, 3.63) is 29.8 Å². The number of carbonyl (C=O) groups is 4. The second kappa shape index (κ2) is 9.87. The molecule has 0 aromatic heterocycles. The van der Waals surface area contributed by atoms with Crippen LogP contribution >= 0.6 is 0 Å². The van der Waals surface area contributed by atoms with Crippen LogP contribution in [0.4, 0.5) is 0 Å². The van der Waals surface area contributed by atoms with Crippen LogP contribution in [0, 0.1) is 5.41 Å². The molecule has 0 spiro atoms. The summed E-state index contributed by atoms with van der Waals surface area (Å²) in [5, 5.41) is 5.87. The van der Waals surface area contributed by atoms with Gasteiger partial charge in [0, 0.05) is 43.5 Å². The molecule has 3 aliphatic rings. The van der Waals surface area contributed by atoms with Crippen molar-refractivity contribution in [1.82, 2.24) is 20.4 Å². The van der Waals surface area contributed by atoms with Crippen LogP contribution in [0.2, 0.25) is 0 Å². The first-order valence-corrected chi connectivity index (χ1v) is 12.5. The van der Waals surface area contributed by atoms with Crippen LogP contribution in [-0.4, -0.2) is 71.3 Å². The zero-order chi connectivity index (χ0) is 25.3. The molecule has 3 aliphatic heterocycles. The van der Waals surface area contributed by atoms with E-state index < -0.39 is 17.5 Å². The molecule has 1 aromatic carbocycles. The van der Waals surface area contributed by atoms with Gasteiger partial charge in [-0.3, -0.25) is 19.2 Å². The Morgan fingerprint density at radius 3 is 2.46 bits per heavy atom. The zero-order valence-electron chi connectivity index (χ0n) is 21.0. The van der Waals surface area contributed by atoms with Gasteiger partial charge in [0.05, 0.1) is 12.6 Å². The Balaban J connectivity index is 1.54. The van der Waals surface area contributed by atoms with Crippen molar-refractivity contribution in [1.29, 1.82) is 0 Å². The number of benzene rings is 1. The first-order chi connectivity index (χ1) is 16.6. The summed E-state index contributed by atoms with van der Waals surface area (Å²) >= 11 is 0. The fourth-order valence-electron chi connectivity index (χ4n) is 5.40. The molecule has 0 bridgehead atoms. The van der Waals surface area contributed by atoms with Crippen molar-refractivity contribution < 1.29 is 23.9 Å². The smallest absolute Gasteiger partial charge is 0.247 e. The molecule has 0 unspecified atom stereocenters. The van der Waals surface area contributed by atoms with Gasteiger partial charge in [-0.2, -0.15) is 0 Å². The molecule has 4 atom stereocenters. The molecule has 0 saturated carbocycles. The topological polar surface area (TPSA) is 108 Å². The molecule has 2 fully saturated rings. The second-order valence-corrected chi connectivity index (χ2v) is 10.8. The summed E-state index contributed by atoms with van der Waals surface area (Å²) in [6.45, 7) is 7.98. The first-order valence-electron chi connectivity index (χ1n) is 12.5. The molecule has 9 nitrogen and oxygen atoms in total. The molecule has 0 aliphatic carbocycles. The van der Waals surface area contributed by atoms with Crippen molar-refractivity contribution in [2.75, 3.05) is 19.7 Å². The van der Waals surface area contributed by atoms with Gasteiger partial charge >= 0.3 is 0 Å². The minimum Gasteiger partial charge on any atom is -0.493 e. The van der Waals surface area contributed by atoms with E-state index in [0.717, 1.165) is 11.3 Å². The molecule has 0 radical (unpaired) electrons. The van der Waals surface area contributed by atoms with E-state index in [1.807, 2.05) is 45.0 Å². The van der Waals surface area contributed by atoms with Crippen LogP contribution in [0.25, 0.3) is 0 Å². The third kappa shape index (κ3) is 5.28. The maximum absolute atomic E-state index is 13.7. The molecule has 190 valence electrons. The van der Waals surface area contributed by atoms with E-state index in [1.165, 1.54) is 6.92 Å². The Morgan fingerprint density at radius 2 is 1.74 bits per heavy atom. The quantitative estimate of drug-likeness (QED) is 0.680. The summed E-state index contributed by atoms with van der Waals surface area (Å²) in [5.74, 6) is -0.124. The third-order valence-electron chi connectivity index (χ3n) is 7.07. The van der Waals surface area contributed by atoms with Crippen molar-refractivity contribution in [3.63, 3.8) is 0 Å². The number of nitrogens with one attached hydrogen (secondary N) is 2. The van der Waals surface area contributed by atoms with Crippen molar-refractivity contribution in [2.45, 2.75) is 77.5 Å². The van der Waals surface area contributed by atoms with Crippen molar-refractivity contribution >= 4 is 23.6 Å². The van der Waals surface area contributed by atoms with Gasteiger partial charge in [0.25, 0.3) is 0 Å². The number of hydrogen-bond donors (Lipinski definition) is 2. The molecule has 9 heteroatoms. The van der Waals surface area contributed by atoms with Crippen LogP contribution in [0.1, 0.15) is 65.0 Å². The van der Waals surface area contributed by atoms with Gasteiger partial charge in [-0.25, -0.2) is 0 Å². The number of amides is 4. The summed E-state index contributed by atoms with van der Waals surface area (Å²) in [7, 11) is 0. The van der Waals surface area contributed by atoms with Gasteiger partial charge in [0.2, 0.25) is 23.6 Å². The molecule has 4 amide bonds. The summed E-state index contributed by atoms with van der Waals surface area (Å²) < 4.78 is 5.71. The molecule has 2 N–H and O–H groups in total. The summed E-state index contributed by atoms with van der Waals surface area (Å²) in [6, 6.07) is 5.83. The van der Waals surface area contributed by atoms with E-state index in [4.69, 9.17) is 4.74 Å². The molecule has 2 saturated heterocycles. The van der Waals surface area contributed by atoms with E-state index in [1.54, 1.807) is 9.80 Å². The maximum Gasteiger partial charge on any atom is 0.247 e. The second-order valence-electron chi connectivity index (χ2n) is 10.8. The Bertz CT molecular complexity index is 1000. The Morgan fingerprint density at radius 1 is 1.00 bits per heavy atom. The van der Waals surface area contributed by atoms with Gasteiger partial charge < -0.3 is 25.2 Å². The van der Waals surface area contributed by atoms with Gasteiger partial charge in [-0.15, -0.1) is 0 Å². The Labute approximate surface area is 206 Å². The molecular formula is C26H36N4O5. The predicted octanol–water partition coefficient (Wildman–Crippen LogP) is 1.77. The summed E-state index contributed by atoms with van der Waals surface area (Å²) in [6.07, 6.45) is 2.49. The normalized spacial score (nSPS) is 26.6. The lowest BCUT2D eigenvalue weighted by molar-refractivity contribution is -0.149. The van der Waals surface area contributed by atoms with Crippen molar-refractivity contribution in [2.24, 2.45) is 5.41 Å². The van der Waals surface area contributed by atoms with E-state index in [-0.39, 0.29) is 42.3 Å². The monoisotopic (exact) mass is 484 g/mol. The minimum atomic E-state index is -0.890. The fraction of sp³-hybridized carbons (Fsp3) is 0.615. The average molecular weight is 485 g/mol. The van der Waals surface area contributed by atoms with Crippen molar-refractivity contribution in [3.8, 4) is 5.75 Å². The number of nitrogens with zero attached hydrogens (tertiary/aromatic N) is 2. The number of para-hydroxylation sites is 1. The van der Waals surface area contributed by atoms with E-state index in [0.29, 0.717) is 38.8 Å². The van der Waals surface area contributed by atoms with Crippen LogP contribution in [0.3, 0.4) is 0 Å². The molecule has 3 heterocycles. The maximum atomic E-state index is 13.7. The lowest BCUT2D eigenvalue weighted by atomic mass is 9.93. The first kappa shape index (κ1) is 25.0. The van der Waals surface area contributed by atoms with E-state index in [2.05, 4.69) is 10.6 Å². The number of rotatable bonds is 3. The van der Waals surface area contributed by atoms with Gasteiger partial charge in [-0.1, -0.05) is 39.0 Å². The highest BCUT2D eigenvalue weighted by molar-refractivity contribution is 5.93. The highest BCUT2D eigenvalue weighted by Gasteiger charge is 2.46. The van der Waals surface area contributed by atoms with E-state index in [9.17, 15) is 19.2 Å². The predicted molar refractivity (Wildman–Crippen MR) is 129 cm³/mol. The zero-order valence-corrected chi connectivity index (χ0v) is 21.0. The number of hydrogen-bond acceptors (Lipinski definition) is 5. The fourth-order valence-corrected chi connectivity index (χ4v) is 5.40. The van der Waals surface area contributed by atoms with Crippen LogP contribution in [0.5, 0.6) is 5.75 Å². The summed E-state index contributed by atoms with van der Waals surface area (Å²) in [4.78, 5) is 55.5. The lowest BCUT2D eigenvalue weighted by Crippen LogP contribution is -2.61. The molecule has 4 rings (SSSR count). The highest BCUT2D eigenvalue weighted by Crippen LogP contribution is 2.34. The SMILES string of the molecule is CC(=O)N[C@H]1CN(C(=O)C(C)(C)C)CC[C@H]2CC[C@@H](C(=O)N[C@@H]3CCOc4ccccc43)N2C1=O. The van der Waals surface area contributed by atoms with Gasteiger partial charge in [0.15, 0.2) is 0 Å². The average Bonchev–Trinajstić information content (AvgIpc) is 3.22. The highest BCUT2D eigenvalue weighted by atomic mass is 16.5. The number of fused-ring (bicyclic) bond motifs is 2. The number of ether oxygens (including phenoxy) is 1. The lowest BCUT2D eigenvalue weighted by Gasteiger charge is -2.40. The van der Waals surface area contributed by atoms with Crippen LogP contribution in [-0.2, 0) is 19.2 Å². The largest absolute Gasteiger partial charge is 0.493 e. The van der Waals surface area contributed by atoms with Crippen LogP contribution in [0.15, 0.2) is 24.3 Å². The Kier molecular flexibility index (Phi) is 7.05.